The molecule has 0 fully saturated rings. The van der Waals surface area contributed by atoms with Crippen molar-refractivity contribution in [2.24, 2.45) is 5.10 Å². The molecule has 5 nitrogen and oxygen atoms in total. The molecule has 1 heterocycles. The topological polar surface area (TPSA) is 81.0 Å². The van der Waals surface area contributed by atoms with Crippen molar-refractivity contribution in [3.05, 3.63) is 35.5 Å². The molecular formula is C13H12N4O. The highest BCUT2D eigenvalue weighted by atomic mass is 16.2. The number of hydrazone groups is 1. The quantitative estimate of drug-likeness (QED) is 0.634. The van der Waals surface area contributed by atoms with E-state index < -0.39 is 5.91 Å². The number of hydrogen-bond acceptors (Lipinski definition) is 3. The first-order valence-corrected chi connectivity index (χ1v) is 5.48. The number of aromatic amines is 1. The van der Waals surface area contributed by atoms with E-state index in [1.807, 2.05) is 31.3 Å². The van der Waals surface area contributed by atoms with Crippen LogP contribution >= 0.6 is 0 Å². The second kappa shape index (κ2) is 5.15. The lowest BCUT2D eigenvalue weighted by molar-refractivity contribution is -0.120. The first-order valence-electron chi connectivity index (χ1n) is 5.48. The molecule has 5 heteroatoms. The van der Waals surface area contributed by atoms with Gasteiger partial charge >= 0.3 is 0 Å². The number of aromatic nitrogens is 1. The Labute approximate surface area is 104 Å². The number of nitrogens with zero attached hydrogens (tertiary/aromatic N) is 2. The monoisotopic (exact) mass is 240 g/mol. The maximum atomic E-state index is 11.0. The highest BCUT2D eigenvalue weighted by Crippen LogP contribution is 2.19. The minimum absolute atomic E-state index is 0.190. The van der Waals surface area contributed by atoms with Crippen LogP contribution in [0.1, 0.15) is 17.5 Å². The number of rotatable bonds is 3. The van der Waals surface area contributed by atoms with Crippen molar-refractivity contribution in [1.82, 2.24) is 10.4 Å². The van der Waals surface area contributed by atoms with Crippen LogP contribution in [-0.4, -0.2) is 17.1 Å². The maximum Gasteiger partial charge on any atom is 0.254 e. The number of H-pyrrole nitrogens is 1. The third-order valence-electron chi connectivity index (χ3n) is 2.59. The first kappa shape index (κ1) is 11.9. The summed E-state index contributed by atoms with van der Waals surface area (Å²) < 4.78 is 0. The largest absolute Gasteiger partial charge is 0.360 e. The van der Waals surface area contributed by atoms with Crippen LogP contribution < -0.4 is 5.43 Å². The molecule has 1 aromatic carbocycles. The van der Waals surface area contributed by atoms with Gasteiger partial charge in [-0.25, -0.2) is 5.43 Å². The lowest BCUT2D eigenvalue weighted by Crippen LogP contribution is -2.16. The Hall–Kier alpha value is -2.61. The van der Waals surface area contributed by atoms with Gasteiger partial charge in [-0.3, -0.25) is 4.79 Å². The van der Waals surface area contributed by atoms with Gasteiger partial charge in [-0.05, 0) is 12.5 Å². The lowest BCUT2D eigenvalue weighted by atomic mass is 10.1. The maximum absolute atomic E-state index is 11.0. The van der Waals surface area contributed by atoms with Gasteiger partial charge in [-0.1, -0.05) is 18.2 Å². The van der Waals surface area contributed by atoms with Gasteiger partial charge < -0.3 is 4.98 Å². The van der Waals surface area contributed by atoms with E-state index in [2.05, 4.69) is 15.5 Å². The summed E-state index contributed by atoms with van der Waals surface area (Å²) in [7, 11) is 0. The van der Waals surface area contributed by atoms with Crippen LogP contribution in [0.4, 0.5) is 0 Å². The predicted molar refractivity (Wildman–Crippen MR) is 69.0 cm³/mol. The summed E-state index contributed by atoms with van der Waals surface area (Å²) in [6.45, 7) is 2.02. The molecule has 90 valence electrons. The smallest absolute Gasteiger partial charge is 0.254 e. The summed E-state index contributed by atoms with van der Waals surface area (Å²) >= 11 is 0. The Balaban J connectivity index is 2.18. The van der Waals surface area contributed by atoms with Crippen LogP contribution in [0.25, 0.3) is 10.9 Å². The second-order valence-electron chi connectivity index (χ2n) is 3.87. The highest BCUT2D eigenvalue weighted by Gasteiger charge is 2.03. The van der Waals surface area contributed by atoms with Crippen molar-refractivity contribution in [3.8, 4) is 6.07 Å². The average molecular weight is 240 g/mol. The summed E-state index contributed by atoms with van der Waals surface area (Å²) in [5, 5.41) is 13.2. The summed E-state index contributed by atoms with van der Waals surface area (Å²) in [6, 6.07) is 7.73. The molecule has 1 aromatic heterocycles. The molecule has 0 saturated heterocycles. The number of nitrogens with one attached hydrogen (secondary N) is 2. The number of fused-ring (bicyclic) bond motifs is 1. The second-order valence-corrected chi connectivity index (χ2v) is 3.87. The SMILES string of the molecule is Cc1cccc2c(/C=N/NC(=O)CC#N)c[nH]c12. The fourth-order valence-corrected chi connectivity index (χ4v) is 1.72. The van der Waals surface area contributed by atoms with Crippen molar-refractivity contribution < 1.29 is 4.79 Å². The molecule has 2 rings (SSSR count). The van der Waals surface area contributed by atoms with Gasteiger partial charge in [-0.15, -0.1) is 0 Å². The van der Waals surface area contributed by atoms with Gasteiger partial charge in [0.15, 0.2) is 0 Å². The van der Waals surface area contributed by atoms with Gasteiger partial charge in [0, 0.05) is 22.7 Å². The standard InChI is InChI=1S/C13H12N4O/c1-9-3-2-4-11-10(7-15-13(9)11)8-16-17-12(18)5-6-14/h2-4,7-8,15H,5H2,1H3,(H,17,18)/b16-8+. The summed E-state index contributed by atoms with van der Waals surface area (Å²) in [4.78, 5) is 14.2. The van der Waals surface area contributed by atoms with E-state index in [0.29, 0.717) is 0 Å². The van der Waals surface area contributed by atoms with Crippen molar-refractivity contribution in [2.45, 2.75) is 13.3 Å². The molecule has 2 N–H and O–H groups in total. The summed E-state index contributed by atoms with van der Waals surface area (Å²) in [5.41, 5.74) is 5.40. The van der Waals surface area contributed by atoms with Crippen molar-refractivity contribution in [3.63, 3.8) is 0 Å². The van der Waals surface area contributed by atoms with Crippen LogP contribution in [0, 0.1) is 18.3 Å². The van der Waals surface area contributed by atoms with E-state index in [-0.39, 0.29) is 6.42 Å². The van der Waals surface area contributed by atoms with E-state index in [1.54, 1.807) is 12.3 Å². The fraction of sp³-hybridized carbons (Fsp3) is 0.154. The van der Waals surface area contributed by atoms with Gasteiger partial charge in [-0.2, -0.15) is 10.4 Å². The van der Waals surface area contributed by atoms with E-state index in [9.17, 15) is 4.79 Å². The van der Waals surface area contributed by atoms with Crippen molar-refractivity contribution in [2.75, 3.05) is 0 Å². The molecule has 0 aliphatic rings. The van der Waals surface area contributed by atoms with E-state index >= 15 is 0 Å². The number of aryl methyl sites for hydroxylation is 1. The average Bonchev–Trinajstić information content (AvgIpc) is 2.75. The van der Waals surface area contributed by atoms with Crippen molar-refractivity contribution in [1.29, 1.82) is 5.26 Å². The number of amides is 1. The van der Waals surface area contributed by atoms with E-state index in [1.165, 1.54) is 0 Å². The predicted octanol–water partition coefficient (Wildman–Crippen LogP) is 1.84. The van der Waals surface area contributed by atoms with Gasteiger partial charge in [0.2, 0.25) is 0 Å². The van der Waals surface area contributed by atoms with Crippen LogP contribution in [0.15, 0.2) is 29.5 Å². The van der Waals surface area contributed by atoms with E-state index in [0.717, 1.165) is 22.0 Å². The molecule has 0 spiro atoms. The number of benzene rings is 1. The zero-order valence-electron chi connectivity index (χ0n) is 9.90. The molecule has 2 aromatic rings. The Bertz CT molecular complexity index is 649. The molecule has 1 amide bonds. The molecule has 0 bridgehead atoms. The van der Waals surface area contributed by atoms with Crippen LogP contribution in [0.5, 0.6) is 0 Å². The summed E-state index contributed by atoms with van der Waals surface area (Å²) in [6.07, 6.45) is 3.20. The minimum Gasteiger partial charge on any atom is -0.360 e. The van der Waals surface area contributed by atoms with Crippen molar-refractivity contribution >= 4 is 23.0 Å². The van der Waals surface area contributed by atoms with Crippen LogP contribution in [0.3, 0.4) is 0 Å². The number of nitriles is 1. The Morgan fingerprint density at radius 2 is 2.44 bits per heavy atom. The number of para-hydroxylation sites is 1. The molecule has 0 atom stereocenters. The Morgan fingerprint density at radius 1 is 1.61 bits per heavy atom. The minimum atomic E-state index is -0.412. The normalized spacial score (nSPS) is 10.7. The molecule has 0 saturated carbocycles. The van der Waals surface area contributed by atoms with Crippen LogP contribution in [0.2, 0.25) is 0 Å². The Morgan fingerprint density at radius 3 is 3.22 bits per heavy atom. The highest BCUT2D eigenvalue weighted by molar-refractivity contribution is 6.00. The van der Waals surface area contributed by atoms with Gasteiger partial charge in [0.05, 0.1) is 12.3 Å². The molecule has 18 heavy (non-hydrogen) atoms. The zero-order chi connectivity index (χ0) is 13.0. The van der Waals surface area contributed by atoms with Gasteiger partial charge in [0.25, 0.3) is 5.91 Å². The molecule has 0 radical (unpaired) electrons. The van der Waals surface area contributed by atoms with Gasteiger partial charge in [0.1, 0.15) is 6.42 Å². The number of hydrogen-bond donors (Lipinski definition) is 2. The third-order valence-corrected chi connectivity index (χ3v) is 2.59. The molecule has 0 aliphatic heterocycles. The van der Waals surface area contributed by atoms with Crippen LogP contribution in [-0.2, 0) is 4.79 Å². The zero-order valence-corrected chi connectivity index (χ0v) is 9.90. The fourth-order valence-electron chi connectivity index (χ4n) is 1.72. The molecular weight excluding hydrogens is 228 g/mol. The Kier molecular flexibility index (Phi) is 3.39. The third kappa shape index (κ3) is 2.38. The van der Waals surface area contributed by atoms with E-state index in [4.69, 9.17) is 5.26 Å². The lowest BCUT2D eigenvalue weighted by Gasteiger charge is -1.95. The molecule has 0 aliphatic carbocycles. The number of carbonyl (C=O) groups excluding carboxylic acids is 1. The first-order chi connectivity index (χ1) is 8.72. The summed E-state index contributed by atoms with van der Waals surface area (Å²) in [5.74, 6) is -0.412. The number of carbonyl (C=O) groups is 1. The molecule has 0 unspecified atom stereocenters.